The first-order chi connectivity index (χ1) is 5.36. The van der Waals surface area contributed by atoms with E-state index in [4.69, 9.17) is 5.73 Å². The van der Waals surface area contributed by atoms with Gasteiger partial charge in [0.1, 0.15) is 0 Å². The van der Waals surface area contributed by atoms with Gasteiger partial charge in [-0.1, -0.05) is 13.3 Å². The Bertz CT molecular complexity index is 185. The maximum atomic E-state index is 5.45. The van der Waals surface area contributed by atoms with Crippen LogP contribution in [0.25, 0.3) is 0 Å². The molecule has 0 spiro atoms. The summed E-state index contributed by atoms with van der Waals surface area (Å²) >= 11 is 1.90. The van der Waals surface area contributed by atoms with Crippen LogP contribution in [0.4, 0.5) is 0 Å². The molecule has 0 fully saturated rings. The molecule has 1 aromatic heterocycles. The SMILES string of the molecule is CCCc1ccc(CCN)s1. The van der Waals surface area contributed by atoms with E-state index in [9.17, 15) is 0 Å². The average molecular weight is 169 g/mol. The van der Waals surface area contributed by atoms with E-state index in [1.54, 1.807) is 0 Å². The standard InChI is InChI=1S/C9H15NS/c1-2-3-8-4-5-9(11-8)6-7-10/h4-5H,2-3,6-7,10H2,1H3. The lowest BCUT2D eigenvalue weighted by atomic mass is 10.3. The van der Waals surface area contributed by atoms with Gasteiger partial charge in [-0.2, -0.15) is 0 Å². The summed E-state index contributed by atoms with van der Waals surface area (Å²) in [6.45, 7) is 2.98. The van der Waals surface area contributed by atoms with Gasteiger partial charge in [0, 0.05) is 9.75 Å². The number of hydrogen-bond donors (Lipinski definition) is 1. The van der Waals surface area contributed by atoms with E-state index in [2.05, 4.69) is 19.1 Å². The minimum absolute atomic E-state index is 0.770. The van der Waals surface area contributed by atoms with Crippen molar-refractivity contribution >= 4 is 11.3 Å². The molecule has 1 nitrogen and oxygen atoms in total. The molecule has 0 unspecified atom stereocenters. The van der Waals surface area contributed by atoms with Gasteiger partial charge in [-0.05, 0) is 31.5 Å². The Balaban J connectivity index is 2.51. The predicted octanol–water partition coefficient (Wildman–Crippen LogP) is 2.20. The molecule has 0 aromatic carbocycles. The minimum Gasteiger partial charge on any atom is -0.330 e. The highest BCUT2D eigenvalue weighted by atomic mass is 32.1. The van der Waals surface area contributed by atoms with Crippen LogP contribution in [0.2, 0.25) is 0 Å². The second kappa shape index (κ2) is 4.52. The van der Waals surface area contributed by atoms with Crippen LogP contribution in [0.15, 0.2) is 12.1 Å². The van der Waals surface area contributed by atoms with E-state index in [0.29, 0.717) is 0 Å². The Labute approximate surface area is 72.2 Å². The second-order valence-corrected chi connectivity index (χ2v) is 3.91. The number of aryl methyl sites for hydroxylation is 1. The van der Waals surface area contributed by atoms with Gasteiger partial charge in [0.05, 0.1) is 0 Å². The molecule has 0 bridgehead atoms. The zero-order chi connectivity index (χ0) is 8.10. The molecule has 1 heterocycles. The molecule has 0 radical (unpaired) electrons. The first kappa shape index (κ1) is 8.75. The lowest BCUT2D eigenvalue weighted by Crippen LogP contribution is -2.00. The first-order valence-electron chi connectivity index (χ1n) is 4.14. The van der Waals surface area contributed by atoms with Crippen LogP contribution in [-0.2, 0) is 12.8 Å². The number of thiophene rings is 1. The molecule has 0 aliphatic heterocycles. The third kappa shape index (κ3) is 2.64. The van der Waals surface area contributed by atoms with Crippen LogP contribution in [0.5, 0.6) is 0 Å². The summed E-state index contributed by atoms with van der Waals surface area (Å²) in [5.41, 5.74) is 5.45. The van der Waals surface area contributed by atoms with Gasteiger partial charge in [-0.25, -0.2) is 0 Å². The van der Waals surface area contributed by atoms with Crippen molar-refractivity contribution in [1.82, 2.24) is 0 Å². The maximum Gasteiger partial charge on any atom is 0.00607 e. The number of nitrogens with two attached hydrogens (primary N) is 1. The molecule has 0 aliphatic carbocycles. The van der Waals surface area contributed by atoms with Gasteiger partial charge < -0.3 is 5.73 Å². The van der Waals surface area contributed by atoms with Gasteiger partial charge in [0.15, 0.2) is 0 Å². The van der Waals surface area contributed by atoms with Crippen molar-refractivity contribution in [2.75, 3.05) is 6.54 Å². The summed E-state index contributed by atoms with van der Waals surface area (Å²) in [4.78, 5) is 2.92. The van der Waals surface area contributed by atoms with Crippen molar-refractivity contribution in [3.8, 4) is 0 Å². The van der Waals surface area contributed by atoms with E-state index in [-0.39, 0.29) is 0 Å². The monoisotopic (exact) mass is 169 g/mol. The molecular formula is C9H15NS. The third-order valence-electron chi connectivity index (χ3n) is 1.60. The van der Waals surface area contributed by atoms with E-state index >= 15 is 0 Å². The Morgan fingerprint density at radius 3 is 2.45 bits per heavy atom. The molecule has 0 aliphatic rings. The van der Waals surface area contributed by atoms with Crippen molar-refractivity contribution in [2.45, 2.75) is 26.2 Å². The Kier molecular flexibility index (Phi) is 3.60. The van der Waals surface area contributed by atoms with E-state index in [1.807, 2.05) is 11.3 Å². The van der Waals surface area contributed by atoms with Crippen molar-refractivity contribution in [3.63, 3.8) is 0 Å². The minimum atomic E-state index is 0.770. The van der Waals surface area contributed by atoms with Crippen LogP contribution in [-0.4, -0.2) is 6.54 Å². The molecule has 1 aromatic rings. The fourth-order valence-corrected chi connectivity index (χ4v) is 2.21. The van der Waals surface area contributed by atoms with Crippen molar-refractivity contribution in [2.24, 2.45) is 5.73 Å². The highest BCUT2D eigenvalue weighted by Crippen LogP contribution is 2.17. The molecule has 11 heavy (non-hydrogen) atoms. The van der Waals surface area contributed by atoms with Crippen LogP contribution < -0.4 is 5.73 Å². The van der Waals surface area contributed by atoms with E-state index in [0.717, 1.165) is 13.0 Å². The zero-order valence-corrected chi connectivity index (χ0v) is 7.79. The molecular weight excluding hydrogens is 154 g/mol. The van der Waals surface area contributed by atoms with Crippen molar-refractivity contribution < 1.29 is 0 Å². The smallest absolute Gasteiger partial charge is 0.00607 e. The highest BCUT2D eigenvalue weighted by molar-refractivity contribution is 7.11. The van der Waals surface area contributed by atoms with E-state index < -0.39 is 0 Å². The van der Waals surface area contributed by atoms with Crippen LogP contribution in [0.3, 0.4) is 0 Å². The van der Waals surface area contributed by atoms with Gasteiger partial charge in [0.2, 0.25) is 0 Å². The quantitative estimate of drug-likeness (QED) is 0.734. The van der Waals surface area contributed by atoms with Crippen LogP contribution >= 0.6 is 11.3 Å². The molecule has 0 saturated carbocycles. The molecule has 0 amide bonds. The molecule has 2 heteroatoms. The van der Waals surface area contributed by atoms with E-state index in [1.165, 1.54) is 22.6 Å². The second-order valence-electron chi connectivity index (χ2n) is 2.66. The van der Waals surface area contributed by atoms with Crippen LogP contribution in [0, 0.1) is 0 Å². The summed E-state index contributed by atoms with van der Waals surface area (Å²) in [5.74, 6) is 0. The maximum absolute atomic E-state index is 5.45. The predicted molar refractivity (Wildman–Crippen MR) is 51.1 cm³/mol. The molecule has 0 atom stereocenters. The number of hydrogen-bond acceptors (Lipinski definition) is 2. The number of rotatable bonds is 4. The summed E-state index contributed by atoms with van der Waals surface area (Å²) in [5, 5.41) is 0. The van der Waals surface area contributed by atoms with Gasteiger partial charge in [0.25, 0.3) is 0 Å². The summed E-state index contributed by atoms with van der Waals surface area (Å²) in [6.07, 6.45) is 3.49. The van der Waals surface area contributed by atoms with Crippen molar-refractivity contribution in [3.05, 3.63) is 21.9 Å². The fraction of sp³-hybridized carbons (Fsp3) is 0.556. The largest absolute Gasteiger partial charge is 0.330 e. The molecule has 1 rings (SSSR count). The van der Waals surface area contributed by atoms with Crippen LogP contribution in [0.1, 0.15) is 23.1 Å². The highest BCUT2D eigenvalue weighted by Gasteiger charge is 1.97. The lowest BCUT2D eigenvalue weighted by Gasteiger charge is -1.90. The fourth-order valence-electron chi connectivity index (χ4n) is 1.08. The topological polar surface area (TPSA) is 26.0 Å². The van der Waals surface area contributed by atoms with Gasteiger partial charge >= 0.3 is 0 Å². The third-order valence-corrected chi connectivity index (χ3v) is 2.81. The summed E-state index contributed by atoms with van der Waals surface area (Å²) < 4.78 is 0. The Morgan fingerprint density at radius 1 is 1.27 bits per heavy atom. The average Bonchev–Trinajstić information content (AvgIpc) is 2.38. The first-order valence-corrected chi connectivity index (χ1v) is 4.96. The lowest BCUT2D eigenvalue weighted by molar-refractivity contribution is 0.940. The zero-order valence-electron chi connectivity index (χ0n) is 6.97. The molecule has 2 N–H and O–H groups in total. The Morgan fingerprint density at radius 2 is 1.91 bits per heavy atom. The van der Waals surface area contributed by atoms with Gasteiger partial charge in [-0.3, -0.25) is 0 Å². The molecule has 62 valence electrons. The summed E-state index contributed by atoms with van der Waals surface area (Å²) in [6, 6.07) is 4.42. The Hall–Kier alpha value is -0.340. The normalized spacial score (nSPS) is 10.4. The van der Waals surface area contributed by atoms with Crippen molar-refractivity contribution in [1.29, 1.82) is 0 Å². The summed E-state index contributed by atoms with van der Waals surface area (Å²) in [7, 11) is 0. The van der Waals surface area contributed by atoms with Gasteiger partial charge in [-0.15, -0.1) is 11.3 Å². The molecule has 0 saturated heterocycles.